The van der Waals surface area contributed by atoms with E-state index in [1.54, 1.807) is 25.3 Å². The van der Waals surface area contributed by atoms with E-state index in [1.807, 2.05) is 43.3 Å². The molecule has 31 heavy (non-hydrogen) atoms. The minimum Gasteiger partial charge on any atom is -0.497 e. The average molecular weight is 466 g/mol. The van der Waals surface area contributed by atoms with E-state index in [0.717, 1.165) is 16.9 Å². The van der Waals surface area contributed by atoms with Gasteiger partial charge in [0.05, 0.1) is 18.7 Å². The second-order valence-corrected chi connectivity index (χ2v) is 7.08. The first-order valence-electron chi connectivity index (χ1n) is 9.75. The van der Waals surface area contributed by atoms with E-state index in [-0.39, 0.29) is 24.8 Å². The first kappa shape index (κ1) is 24.8. The third-order valence-electron chi connectivity index (χ3n) is 4.52. The number of hydrogen-bond donors (Lipinski definition) is 1. The quantitative estimate of drug-likeness (QED) is 0.388. The van der Waals surface area contributed by atoms with Gasteiger partial charge in [0.1, 0.15) is 18.2 Å². The van der Waals surface area contributed by atoms with Crippen LogP contribution >= 0.6 is 24.0 Å². The maximum atomic E-state index is 13.9. The Hall–Kier alpha value is -2.47. The first-order valence-corrected chi connectivity index (χ1v) is 10.1. The molecule has 1 N–H and O–H groups in total. The number of halogens is 3. The van der Waals surface area contributed by atoms with Crippen molar-refractivity contribution in [1.29, 1.82) is 0 Å². The highest BCUT2D eigenvalue weighted by Gasteiger charge is 2.14. The molecule has 0 unspecified atom stereocenters. The van der Waals surface area contributed by atoms with Crippen LogP contribution in [0.1, 0.15) is 23.6 Å². The molecule has 3 aromatic rings. The molecule has 0 radical (unpaired) electrons. The molecule has 0 aliphatic rings. The van der Waals surface area contributed by atoms with Crippen LogP contribution in [0.3, 0.4) is 0 Å². The Bertz CT molecular complexity index is 968. The van der Waals surface area contributed by atoms with Gasteiger partial charge in [-0.25, -0.2) is 4.39 Å². The molecule has 3 rings (SSSR count). The summed E-state index contributed by atoms with van der Waals surface area (Å²) in [6, 6.07) is 18.1. The predicted octanol–water partition coefficient (Wildman–Crippen LogP) is 6.18. The molecule has 0 spiro atoms. The van der Waals surface area contributed by atoms with Gasteiger partial charge in [-0.2, -0.15) is 0 Å². The van der Waals surface area contributed by atoms with E-state index >= 15 is 0 Å². The molecule has 0 bridgehead atoms. The van der Waals surface area contributed by atoms with Crippen molar-refractivity contribution in [2.45, 2.75) is 26.6 Å². The van der Waals surface area contributed by atoms with E-state index < -0.39 is 0 Å². The summed E-state index contributed by atoms with van der Waals surface area (Å²) in [7, 11) is 1.65. The van der Waals surface area contributed by atoms with Crippen LogP contribution in [0.15, 0.2) is 60.7 Å². The topological polar surface area (TPSA) is 39.7 Å². The summed E-state index contributed by atoms with van der Waals surface area (Å²) >= 11 is 6.47. The second kappa shape index (κ2) is 12.4. The van der Waals surface area contributed by atoms with Crippen LogP contribution in [0.2, 0.25) is 5.02 Å². The number of hydrogen-bond acceptors (Lipinski definition) is 4. The molecule has 7 heteroatoms. The van der Waals surface area contributed by atoms with E-state index in [2.05, 4.69) is 5.32 Å². The largest absolute Gasteiger partial charge is 0.497 e. The first-order chi connectivity index (χ1) is 14.6. The predicted molar refractivity (Wildman–Crippen MR) is 124 cm³/mol. The van der Waals surface area contributed by atoms with Gasteiger partial charge < -0.3 is 19.5 Å². The Kier molecular flexibility index (Phi) is 9.92. The van der Waals surface area contributed by atoms with Gasteiger partial charge in [-0.1, -0.05) is 41.9 Å². The van der Waals surface area contributed by atoms with E-state index in [4.69, 9.17) is 25.8 Å². The van der Waals surface area contributed by atoms with Gasteiger partial charge in [0, 0.05) is 18.7 Å². The van der Waals surface area contributed by atoms with Gasteiger partial charge in [-0.05, 0) is 48.4 Å². The van der Waals surface area contributed by atoms with Crippen molar-refractivity contribution in [3.63, 3.8) is 0 Å². The van der Waals surface area contributed by atoms with Crippen LogP contribution in [0.25, 0.3) is 0 Å². The Labute approximate surface area is 193 Å². The number of benzene rings is 3. The summed E-state index contributed by atoms with van der Waals surface area (Å²) in [6.45, 7) is 3.75. The fourth-order valence-corrected chi connectivity index (χ4v) is 3.27. The Morgan fingerprint density at radius 3 is 2.32 bits per heavy atom. The monoisotopic (exact) mass is 465 g/mol. The molecule has 0 aliphatic heterocycles. The van der Waals surface area contributed by atoms with E-state index in [1.165, 1.54) is 6.07 Å². The third kappa shape index (κ3) is 7.03. The zero-order valence-electron chi connectivity index (χ0n) is 17.5. The summed E-state index contributed by atoms with van der Waals surface area (Å²) < 4.78 is 30.6. The van der Waals surface area contributed by atoms with Crippen molar-refractivity contribution in [1.82, 2.24) is 5.32 Å². The van der Waals surface area contributed by atoms with Crippen molar-refractivity contribution in [2.75, 3.05) is 13.7 Å². The minimum absolute atomic E-state index is 0. The highest BCUT2D eigenvalue weighted by molar-refractivity contribution is 6.32. The highest BCUT2D eigenvalue weighted by atomic mass is 35.5. The van der Waals surface area contributed by atoms with Crippen molar-refractivity contribution >= 4 is 24.0 Å². The number of methoxy groups -OCH3 is 1. The summed E-state index contributed by atoms with van der Waals surface area (Å²) in [5, 5.41) is 3.82. The normalized spacial score (nSPS) is 10.3. The lowest BCUT2D eigenvalue weighted by atomic mass is 10.1. The number of nitrogens with one attached hydrogen (secondary N) is 1. The third-order valence-corrected chi connectivity index (χ3v) is 4.80. The molecule has 0 atom stereocenters. The smallest absolute Gasteiger partial charge is 0.180 e. The molecule has 0 aromatic heterocycles. The molecule has 0 heterocycles. The van der Waals surface area contributed by atoms with Gasteiger partial charge in [0.2, 0.25) is 0 Å². The van der Waals surface area contributed by atoms with Crippen LogP contribution in [-0.2, 0) is 19.7 Å². The molecule has 0 amide bonds. The molecule has 166 valence electrons. The summed E-state index contributed by atoms with van der Waals surface area (Å²) in [5.41, 5.74) is 2.58. The van der Waals surface area contributed by atoms with Crippen LogP contribution in [-0.4, -0.2) is 13.7 Å². The minimum atomic E-state index is -0.314. The van der Waals surface area contributed by atoms with Crippen LogP contribution in [0.5, 0.6) is 17.2 Å². The molecular formula is C24H26Cl2FNO3. The SMILES string of the molecule is CCOc1cc(CNCc2ccc(OC)cc2)cc(Cl)c1OCc1ccccc1F.Cl. The Morgan fingerprint density at radius 2 is 1.65 bits per heavy atom. The lowest BCUT2D eigenvalue weighted by molar-refractivity contribution is 0.266. The summed E-state index contributed by atoms with van der Waals surface area (Å²) in [4.78, 5) is 0. The van der Waals surface area contributed by atoms with Crippen LogP contribution < -0.4 is 19.5 Å². The van der Waals surface area contributed by atoms with Gasteiger partial charge in [0.15, 0.2) is 11.5 Å². The molecule has 0 fully saturated rings. The van der Waals surface area contributed by atoms with Crippen molar-refractivity contribution < 1.29 is 18.6 Å². The zero-order valence-corrected chi connectivity index (χ0v) is 19.1. The van der Waals surface area contributed by atoms with E-state index in [9.17, 15) is 4.39 Å². The lowest BCUT2D eigenvalue weighted by Crippen LogP contribution is -2.13. The maximum Gasteiger partial charge on any atom is 0.180 e. The van der Waals surface area contributed by atoms with Crippen molar-refractivity contribution in [3.8, 4) is 17.2 Å². The summed E-state index contributed by atoms with van der Waals surface area (Å²) in [5.74, 6) is 1.48. The standard InChI is InChI=1S/C24H25ClFNO3.ClH/c1-3-29-23-13-18(15-27-14-17-8-10-20(28-2)11-9-17)12-21(25)24(23)30-16-19-6-4-5-7-22(19)26;/h4-13,27H,3,14-16H2,1-2H3;1H. The van der Waals surface area contributed by atoms with Crippen molar-refractivity contribution in [3.05, 3.63) is 88.2 Å². The summed E-state index contributed by atoms with van der Waals surface area (Å²) in [6.07, 6.45) is 0. The van der Waals surface area contributed by atoms with Gasteiger partial charge in [-0.15, -0.1) is 12.4 Å². The molecular weight excluding hydrogens is 440 g/mol. The van der Waals surface area contributed by atoms with Crippen LogP contribution in [0.4, 0.5) is 4.39 Å². The van der Waals surface area contributed by atoms with Crippen molar-refractivity contribution in [2.24, 2.45) is 0 Å². The fourth-order valence-electron chi connectivity index (χ4n) is 2.99. The van der Waals surface area contributed by atoms with Gasteiger partial charge in [-0.3, -0.25) is 0 Å². The van der Waals surface area contributed by atoms with Crippen LogP contribution in [0, 0.1) is 5.82 Å². The lowest BCUT2D eigenvalue weighted by Gasteiger charge is -2.16. The average Bonchev–Trinajstić information content (AvgIpc) is 2.75. The molecule has 0 saturated carbocycles. The molecule has 0 aliphatic carbocycles. The Balaban J connectivity index is 0.00000341. The van der Waals surface area contributed by atoms with Gasteiger partial charge >= 0.3 is 0 Å². The number of rotatable bonds is 10. The second-order valence-electron chi connectivity index (χ2n) is 6.67. The number of ether oxygens (including phenoxy) is 3. The zero-order chi connectivity index (χ0) is 21.3. The Morgan fingerprint density at radius 1 is 0.935 bits per heavy atom. The van der Waals surface area contributed by atoms with Gasteiger partial charge in [0.25, 0.3) is 0 Å². The van der Waals surface area contributed by atoms with E-state index in [0.29, 0.717) is 41.8 Å². The molecule has 4 nitrogen and oxygen atoms in total. The molecule has 0 saturated heterocycles. The molecule has 3 aromatic carbocycles. The fraction of sp³-hybridized carbons (Fsp3) is 0.250. The highest BCUT2D eigenvalue weighted by Crippen LogP contribution is 2.37. The maximum absolute atomic E-state index is 13.9.